The first-order valence-corrected chi connectivity index (χ1v) is 6.56. The minimum Gasteiger partial charge on any atom is -0.394 e. The average Bonchev–Trinajstić information content (AvgIpc) is 2.65. The smallest absolute Gasteiger partial charge is 0.127 e. The third-order valence-corrected chi connectivity index (χ3v) is 3.32. The normalized spacial score (nSPS) is 10.7. The van der Waals surface area contributed by atoms with E-state index in [1.165, 1.54) is 11.1 Å². The lowest BCUT2D eigenvalue weighted by molar-refractivity contribution is 0.270. The molecule has 0 atom stereocenters. The lowest BCUT2D eigenvalue weighted by atomic mass is 10.1. The topological polar surface area (TPSA) is 50.1 Å². The van der Waals surface area contributed by atoms with Crippen LogP contribution in [0.1, 0.15) is 22.4 Å². The number of aromatic nitrogens is 2. The van der Waals surface area contributed by atoms with Gasteiger partial charge in [0.1, 0.15) is 5.82 Å². The molecular weight excluding hydrogens is 238 g/mol. The predicted octanol–water partition coefficient (Wildman–Crippen LogP) is 2.41. The molecule has 19 heavy (non-hydrogen) atoms. The lowest BCUT2D eigenvalue weighted by Gasteiger charge is -2.10. The highest BCUT2D eigenvalue weighted by atomic mass is 16.3. The lowest BCUT2D eigenvalue weighted by Crippen LogP contribution is -2.10. The fourth-order valence-corrected chi connectivity index (χ4v) is 2.04. The van der Waals surface area contributed by atoms with E-state index in [0.29, 0.717) is 6.54 Å². The monoisotopic (exact) mass is 259 g/mol. The number of rotatable bonds is 5. The van der Waals surface area contributed by atoms with E-state index in [1.54, 1.807) is 0 Å². The van der Waals surface area contributed by atoms with Crippen LogP contribution in [0.25, 0.3) is 0 Å². The minimum absolute atomic E-state index is 0.0970. The fraction of sp³-hybridized carbons (Fsp3) is 0.400. The molecule has 0 spiro atoms. The first kappa shape index (κ1) is 13.6. The van der Waals surface area contributed by atoms with Gasteiger partial charge in [0.15, 0.2) is 0 Å². The molecule has 0 aliphatic heterocycles. The summed E-state index contributed by atoms with van der Waals surface area (Å²) in [7, 11) is 0. The molecule has 0 bridgehead atoms. The molecule has 4 nitrogen and oxygen atoms in total. The molecule has 4 heteroatoms. The second kappa shape index (κ2) is 5.89. The van der Waals surface area contributed by atoms with Crippen LogP contribution in [0.3, 0.4) is 0 Å². The maximum absolute atomic E-state index is 9.07. The SMILES string of the molecule is Cc1ccc(CNc2c(C)c(C)nn2CCO)cc1. The van der Waals surface area contributed by atoms with Crippen LogP contribution < -0.4 is 5.32 Å². The summed E-state index contributed by atoms with van der Waals surface area (Å²) in [4.78, 5) is 0. The average molecular weight is 259 g/mol. The molecule has 0 aliphatic carbocycles. The third kappa shape index (κ3) is 3.15. The number of hydrogen-bond donors (Lipinski definition) is 2. The van der Waals surface area contributed by atoms with E-state index in [9.17, 15) is 0 Å². The van der Waals surface area contributed by atoms with E-state index in [-0.39, 0.29) is 6.61 Å². The van der Waals surface area contributed by atoms with Crippen LogP contribution >= 0.6 is 0 Å². The van der Waals surface area contributed by atoms with Gasteiger partial charge in [-0.15, -0.1) is 0 Å². The van der Waals surface area contributed by atoms with E-state index in [1.807, 2.05) is 18.5 Å². The molecule has 1 aromatic carbocycles. The van der Waals surface area contributed by atoms with Crippen molar-refractivity contribution in [3.63, 3.8) is 0 Å². The van der Waals surface area contributed by atoms with E-state index in [2.05, 4.69) is 41.6 Å². The first-order chi connectivity index (χ1) is 9.11. The Morgan fingerprint density at radius 1 is 1.16 bits per heavy atom. The van der Waals surface area contributed by atoms with Gasteiger partial charge in [-0.25, -0.2) is 4.68 Å². The van der Waals surface area contributed by atoms with Crippen molar-refractivity contribution in [2.24, 2.45) is 0 Å². The van der Waals surface area contributed by atoms with Crippen molar-refractivity contribution in [3.8, 4) is 0 Å². The Kier molecular flexibility index (Phi) is 4.22. The fourth-order valence-electron chi connectivity index (χ4n) is 2.04. The summed E-state index contributed by atoms with van der Waals surface area (Å²) in [5, 5.41) is 16.9. The van der Waals surface area contributed by atoms with Crippen molar-refractivity contribution in [2.75, 3.05) is 11.9 Å². The summed E-state index contributed by atoms with van der Waals surface area (Å²) in [6.07, 6.45) is 0. The number of aryl methyl sites for hydroxylation is 2. The van der Waals surface area contributed by atoms with Gasteiger partial charge in [0, 0.05) is 12.1 Å². The highest BCUT2D eigenvalue weighted by Crippen LogP contribution is 2.19. The summed E-state index contributed by atoms with van der Waals surface area (Å²) in [6.45, 7) is 7.50. The maximum atomic E-state index is 9.07. The van der Waals surface area contributed by atoms with Gasteiger partial charge in [0.2, 0.25) is 0 Å². The summed E-state index contributed by atoms with van der Waals surface area (Å²) < 4.78 is 1.83. The maximum Gasteiger partial charge on any atom is 0.127 e. The molecule has 0 saturated heterocycles. The summed E-state index contributed by atoms with van der Waals surface area (Å²) in [6, 6.07) is 8.47. The van der Waals surface area contributed by atoms with Crippen LogP contribution in [0.2, 0.25) is 0 Å². The number of nitrogens with zero attached hydrogens (tertiary/aromatic N) is 2. The summed E-state index contributed by atoms with van der Waals surface area (Å²) in [5.41, 5.74) is 4.64. The minimum atomic E-state index is 0.0970. The second-order valence-electron chi connectivity index (χ2n) is 4.84. The molecule has 0 unspecified atom stereocenters. The molecule has 2 rings (SSSR count). The van der Waals surface area contributed by atoms with Gasteiger partial charge in [-0.05, 0) is 26.3 Å². The molecule has 0 amide bonds. The molecule has 1 aromatic heterocycles. The van der Waals surface area contributed by atoms with Crippen LogP contribution in [-0.2, 0) is 13.1 Å². The van der Waals surface area contributed by atoms with Crippen molar-refractivity contribution < 1.29 is 5.11 Å². The Morgan fingerprint density at radius 3 is 2.47 bits per heavy atom. The summed E-state index contributed by atoms with van der Waals surface area (Å²) >= 11 is 0. The van der Waals surface area contributed by atoms with E-state index in [0.717, 1.165) is 23.6 Å². The standard InChI is InChI=1S/C15H21N3O/c1-11-4-6-14(7-5-11)10-16-15-12(2)13(3)17-18(15)8-9-19/h4-7,16,19H,8-10H2,1-3H3. The van der Waals surface area contributed by atoms with Crippen LogP contribution in [-0.4, -0.2) is 21.5 Å². The summed E-state index contributed by atoms with van der Waals surface area (Å²) in [5.74, 6) is 0.993. The van der Waals surface area contributed by atoms with Crippen molar-refractivity contribution in [1.82, 2.24) is 9.78 Å². The van der Waals surface area contributed by atoms with Crippen LogP contribution in [0, 0.1) is 20.8 Å². The zero-order chi connectivity index (χ0) is 13.8. The van der Waals surface area contributed by atoms with Crippen molar-refractivity contribution in [3.05, 3.63) is 46.6 Å². The molecule has 0 fully saturated rings. The molecule has 2 aromatic rings. The van der Waals surface area contributed by atoms with Crippen molar-refractivity contribution >= 4 is 5.82 Å². The van der Waals surface area contributed by atoms with Crippen LogP contribution in [0.4, 0.5) is 5.82 Å². The van der Waals surface area contributed by atoms with E-state index in [4.69, 9.17) is 5.11 Å². The number of anilines is 1. The van der Waals surface area contributed by atoms with Gasteiger partial charge in [0.05, 0.1) is 18.8 Å². The van der Waals surface area contributed by atoms with Gasteiger partial charge in [0.25, 0.3) is 0 Å². The largest absolute Gasteiger partial charge is 0.394 e. The molecule has 0 radical (unpaired) electrons. The van der Waals surface area contributed by atoms with E-state index >= 15 is 0 Å². The van der Waals surface area contributed by atoms with Crippen LogP contribution in [0.15, 0.2) is 24.3 Å². The Hall–Kier alpha value is -1.81. The highest BCUT2D eigenvalue weighted by molar-refractivity contribution is 5.47. The third-order valence-electron chi connectivity index (χ3n) is 3.32. The Morgan fingerprint density at radius 2 is 1.84 bits per heavy atom. The zero-order valence-electron chi connectivity index (χ0n) is 11.8. The number of aliphatic hydroxyl groups excluding tert-OH is 1. The molecule has 102 valence electrons. The number of aliphatic hydroxyl groups is 1. The van der Waals surface area contributed by atoms with Crippen LogP contribution in [0.5, 0.6) is 0 Å². The number of hydrogen-bond acceptors (Lipinski definition) is 3. The number of nitrogens with one attached hydrogen (secondary N) is 1. The molecule has 1 heterocycles. The van der Waals surface area contributed by atoms with Gasteiger partial charge >= 0.3 is 0 Å². The van der Waals surface area contributed by atoms with Gasteiger partial charge in [-0.3, -0.25) is 0 Å². The molecule has 0 saturated carbocycles. The van der Waals surface area contributed by atoms with Gasteiger partial charge in [-0.2, -0.15) is 5.10 Å². The Bertz CT molecular complexity index is 543. The molecular formula is C15H21N3O. The molecule has 2 N–H and O–H groups in total. The number of benzene rings is 1. The Labute approximate surface area is 114 Å². The predicted molar refractivity (Wildman–Crippen MR) is 77.3 cm³/mol. The quantitative estimate of drug-likeness (QED) is 0.867. The first-order valence-electron chi connectivity index (χ1n) is 6.56. The van der Waals surface area contributed by atoms with E-state index < -0.39 is 0 Å². The van der Waals surface area contributed by atoms with Gasteiger partial charge in [-0.1, -0.05) is 29.8 Å². The highest BCUT2D eigenvalue weighted by Gasteiger charge is 2.10. The van der Waals surface area contributed by atoms with Gasteiger partial charge < -0.3 is 10.4 Å². The molecule has 0 aliphatic rings. The second-order valence-corrected chi connectivity index (χ2v) is 4.84. The van der Waals surface area contributed by atoms with Crippen molar-refractivity contribution in [2.45, 2.75) is 33.9 Å². The van der Waals surface area contributed by atoms with Crippen molar-refractivity contribution in [1.29, 1.82) is 0 Å². The Balaban J connectivity index is 2.12. The zero-order valence-corrected chi connectivity index (χ0v) is 11.8.